The average molecular weight is 436 g/mol. The summed E-state index contributed by atoms with van der Waals surface area (Å²) < 4.78 is 18.2. The van der Waals surface area contributed by atoms with Crippen molar-refractivity contribution in [3.8, 4) is 11.5 Å². The summed E-state index contributed by atoms with van der Waals surface area (Å²) in [5.74, 6) is 1.70. The molecule has 0 saturated carbocycles. The van der Waals surface area contributed by atoms with Crippen LogP contribution in [-0.2, 0) is 11.3 Å². The van der Waals surface area contributed by atoms with E-state index in [-0.39, 0.29) is 24.9 Å². The SMILES string of the molecule is CC(C)Oc1c2ccccc2c(OC(C)C)c2cc(COC(=O)N3CCCCC3)ccc12. The van der Waals surface area contributed by atoms with Crippen LogP contribution in [0.15, 0.2) is 42.5 Å². The monoisotopic (exact) mass is 435 g/mol. The molecule has 0 unspecified atom stereocenters. The molecule has 1 saturated heterocycles. The second kappa shape index (κ2) is 9.68. The van der Waals surface area contributed by atoms with Crippen LogP contribution in [0.25, 0.3) is 21.5 Å². The quantitative estimate of drug-likeness (QED) is 0.405. The number of amides is 1. The highest BCUT2D eigenvalue weighted by molar-refractivity contribution is 6.11. The Morgan fingerprint density at radius 2 is 1.38 bits per heavy atom. The van der Waals surface area contributed by atoms with Gasteiger partial charge in [0.25, 0.3) is 0 Å². The molecule has 0 atom stereocenters. The number of fused-ring (bicyclic) bond motifs is 2. The summed E-state index contributed by atoms with van der Waals surface area (Å²) >= 11 is 0. The lowest BCUT2D eigenvalue weighted by Gasteiger charge is -2.26. The van der Waals surface area contributed by atoms with Crippen molar-refractivity contribution in [3.63, 3.8) is 0 Å². The lowest BCUT2D eigenvalue weighted by Crippen LogP contribution is -2.35. The molecule has 1 aliphatic heterocycles. The van der Waals surface area contributed by atoms with Gasteiger partial charge in [-0.15, -0.1) is 0 Å². The van der Waals surface area contributed by atoms with Crippen LogP contribution in [0.4, 0.5) is 4.79 Å². The van der Waals surface area contributed by atoms with Crippen LogP contribution in [0.2, 0.25) is 0 Å². The molecule has 1 amide bonds. The summed E-state index contributed by atoms with van der Waals surface area (Å²) in [6, 6.07) is 14.3. The van der Waals surface area contributed by atoms with E-state index in [0.29, 0.717) is 0 Å². The highest BCUT2D eigenvalue weighted by atomic mass is 16.6. The number of rotatable bonds is 6. The van der Waals surface area contributed by atoms with Crippen LogP contribution in [0, 0.1) is 0 Å². The molecule has 0 aromatic heterocycles. The van der Waals surface area contributed by atoms with Crippen LogP contribution in [0.5, 0.6) is 11.5 Å². The van der Waals surface area contributed by atoms with E-state index in [1.807, 2.05) is 45.9 Å². The van der Waals surface area contributed by atoms with Crippen molar-refractivity contribution in [1.29, 1.82) is 0 Å². The Bertz CT molecular complexity index is 1100. The fourth-order valence-electron chi connectivity index (χ4n) is 4.27. The minimum atomic E-state index is -0.231. The van der Waals surface area contributed by atoms with Crippen molar-refractivity contribution in [1.82, 2.24) is 4.90 Å². The molecule has 5 heteroatoms. The number of benzene rings is 3. The molecule has 3 aromatic rings. The molecular formula is C27H33NO4. The third kappa shape index (κ3) is 4.77. The zero-order valence-electron chi connectivity index (χ0n) is 19.5. The Hall–Kier alpha value is -2.95. The second-order valence-corrected chi connectivity index (χ2v) is 9.02. The maximum atomic E-state index is 12.5. The summed E-state index contributed by atoms with van der Waals surface area (Å²) in [5.41, 5.74) is 0.933. The van der Waals surface area contributed by atoms with Gasteiger partial charge in [-0.2, -0.15) is 0 Å². The molecule has 4 rings (SSSR count). The Kier molecular flexibility index (Phi) is 6.73. The first-order valence-corrected chi connectivity index (χ1v) is 11.7. The van der Waals surface area contributed by atoms with Crippen molar-refractivity contribution >= 4 is 27.6 Å². The van der Waals surface area contributed by atoms with E-state index in [4.69, 9.17) is 14.2 Å². The molecule has 1 aliphatic rings. The van der Waals surface area contributed by atoms with Gasteiger partial charge in [0.05, 0.1) is 12.2 Å². The first-order valence-electron chi connectivity index (χ1n) is 11.7. The zero-order chi connectivity index (χ0) is 22.7. The van der Waals surface area contributed by atoms with Crippen molar-refractivity contribution in [2.45, 2.75) is 65.8 Å². The van der Waals surface area contributed by atoms with Crippen LogP contribution in [0.3, 0.4) is 0 Å². The Morgan fingerprint density at radius 1 is 0.812 bits per heavy atom. The number of carbonyl (C=O) groups excluding carboxylic acids is 1. The smallest absolute Gasteiger partial charge is 0.410 e. The van der Waals surface area contributed by atoms with E-state index in [2.05, 4.69) is 24.3 Å². The standard InChI is InChI=1S/C27H33NO4/c1-18(2)31-25-21-10-6-7-11-22(21)26(32-19(3)4)24-16-20(12-13-23(24)25)17-30-27(29)28-14-8-5-9-15-28/h6-7,10-13,16,18-19H,5,8-9,14-15,17H2,1-4H3. The van der Waals surface area contributed by atoms with Gasteiger partial charge in [-0.1, -0.05) is 36.4 Å². The zero-order valence-corrected chi connectivity index (χ0v) is 19.5. The summed E-state index contributed by atoms with van der Waals surface area (Å²) in [6.07, 6.45) is 3.12. The number of likely N-dealkylation sites (tertiary alicyclic amines) is 1. The Labute approximate surface area is 190 Å². The number of hydrogen-bond acceptors (Lipinski definition) is 4. The van der Waals surface area contributed by atoms with E-state index >= 15 is 0 Å². The van der Waals surface area contributed by atoms with E-state index in [1.54, 1.807) is 4.90 Å². The molecule has 170 valence electrons. The summed E-state index contributed by atoms with van der Waals surface area (Å²) in [5, 5.41) is 4.03. The molecule has 32 heavy (non-hydrogen) atoms. The normalized spacial score (nSPS) is 14.4. The van der Waals surface area contributed by atoms with E-state index in [9.17, 15) is 4.79 Å². The van der Waals surface area contributed by atoms with E-state index in [0.717, 1.165) is 64.5 Å². The minimum Gasteiger partial charge on any atom is -0.490 e. The van der Waals surface area contributed by atoms with Crippen LogP contribution >= 0.6 is 0 Å². The Balaban J connectivity index is 1.74. The van der Waals surface area contributed by atoms with Gasteiger partial charge in [0.1, 0.15) is 18.1 Å². The number of ether oxygens (including phenoxy) is 3. The highest BCUT2D eigenvalue weighted by Gasteiger charge is 2.20. The van der Waals surface area contributed by atoms with Gasteiger partial charge in [-0.25, -0.2) is 4.79 Å². The van der Waals surface area contributed by atoms with Crippen LogP contribution < -0.4 is 9.47 Å². The van der Waals surface area contributed by atoms with Gasteiger partial charge in [-0.05, 0) is 58.6 Å². The van der Waals surface area contributed by atoms with Crippen LogP contribution in [-0.4, -0.2) is 36.3 Å². The van der Waals surface area contributed by atoms with Gasteiger partial charge in [0.15, 0.2) is 0 Å². The van der Waals surface area contributed by atoms with Gasteiger partial charge in [0, 0.05) is 34.6 Å². The molecule has 0 spiro atoms. The second-order valence-electron chi connectivity index (χ2n) is 9.02. The largest absolute Gasteiger partial charge is 0.490 e. The predicted octanol–water partition coefficient (Wildman–Crippen LogP) is 6.69. The summed E-state index contributed by atoms with van der Waals surface area (Å²) in [7, 11) is 0. The molecule has 0 N–H and O–H groups in total. The van der Waals surface area contributed by atoms with Crippen molar-refractivity contribution in [2.24, 2.45) is 0 Å². The fraction of sp³-hybridized carbons (Fsp3) is 0.444. The molecule has 5 nitrogen and oxygen atoms in total. The van der Waals surface area contributed by atoms with Gasteiger partial charge < -0.3 is 19.1 Å². The molecule has 0 bridgehead atoms. The fourth-order valence-corrected chi connectivity index (χ4v) is 4.27. The molecule has 0 aliphatic carbocycles. The third-order valence-corrected chi connectivity index (χ3v) is 5.67. The maximum Gasteiger partial charge on any atom is 0.410 e. The van der Waals surface area contributed by atoms with Gasteiger partial charge in [-0.3, -0.25) is 0 Å². The highest BCUT2D eigenvalue weighted by Crippen LogP contribution is 2.43. The minimum absolute atomic E-state index is 0.0269. The van der Waals surface area contributed by atoms with E-state index < -0.39 is 0 Å². The number of piperidine rings is 1. The summed E-state index contributed by atoms with van der Waals surface area (Å²) in [6.45, 7) is 9.93. The lowest BCUT2D eigenvalue weighted by atomic mass is 9.98. The van der Waals surface area contributed by atoms with Gasteiger partial charge in [0.2, 0.25) is 0 Å². The van der Waals surface area contributed by atoms with Gasteiger partial charge >= 0.3 is 6.09 Å². The van der Waals surface area contributed by atoms with E-state index in [1.165, 1.54) is 6.42 Å². The predicted molar refractivity (Wildman–Crippen MR) is 129 cm³/mol. The first kappa shape index (κ1) is 22.3. The first-order chi connectivity index (χ1) is 15.4. The van der Waals surface area contributed by atoms with Crippen LogP contribution in [0.1, 0.15) is 52.5 Å². The average Bonchev–Trinajstić information content (AvgIpc) is 2.79. The number of carbonyl (C=O) groups is 1. The molecule has 1 fully saturated rings. The maximum absolute atomic E-state index is 12.5. The molecule has 3 aromatic carbocycles. The van der Waals surface area contributed by atoms with Crippen molar-refractivity contribution < 1.29 is 19.0 Å². The molecule has 1 heterocycles. The number of hydrogen-bond donors (Lipinski definition) is 0. The van der Waals surface area contributed by atoms with Crippen molar-refractivity contribution in [3.05, 3.63) is 48.0 Å². The van der Waals surface area contributed by atoms with Crippen molar-refractivity contribution in [2.75, 3.05) is 13.1 Å². The Morgan fingerprint density at radius 3 is 1.97 bits per heavy atom. The summed E-state index contributed by atoms with van der Waals surface area (Å²) in [4.78, 5) is 14.3. The third-order valence-electron chi connectivity index (χ3n) is 5.67. The lowest BCUT2D eigenvalue weighted by molar-refractivity contribution is 0.0895. The molecular weight excluding hydrogens is 402 g/mol. The topological polar surface area (TPSA) is 48.0 Å². The molecule has 0 radical (unpaired) electrons. The number of nitrogens with zero attached hydrogens (tertiary/aromatic N) is 1.